The SMILES string of the molecule is COc1ccc(Cl)cc1N(C)CS. The second kappa shape index (κ2) is 4.63. The third-order valence-electron chi connectivity index (χ3n) is 1.76. The first-order valence-corrected chi connectivity index (χ1v) is 4.85. The van der Waals surface area contributed by atoms with E-state index in [2.05, 4.69) is 12.6 Å². The van der Waals surface area contributed by atoms with Crippen molar-refractivity contribution in [1.29, 1.82) is 0 Å². The number of methoxy groups -OCH3 is 1. The number of hydrogen-bond acceptors (Lipinski definition) is 3. The van der Waals surface area contributed by atoms with E-state index >= 15 is 0 Å². The van der Waals surface area contributed by atoms with Crippen molar-refractivity contribution in [3.05, 3.63) is 23.2 Å². The first-order chi connectivity index (χ1) is 6.19. The highest BCUT2D eigenvalue weighted by Gasteiger charge is 2.06. The van der Waals surface area contributed by atoms with Crippen LogP contribution >= 0.6 is 24.2 Å². The van der Waals surface area contributed by atoms with Gasteiger partial charge in [-0.3, -0.25) is 0 Å². The highest BCUT2D eigenvalue weighted by Crippen LogP contribution is 2.30. The smallest absolute Gasteiger partial charge is 0.142 e. The van der Waals surface area contributed by atoms with Gasteiger partial charge in [0, 0.05) is 12.1 Å². The molecule has 2 nitrogen and oxygen atoms in total. The molecule has 0 N–H and O–H groups in total. The summed E-state index contributed by atoms with van der Waals surface area (Å²) in [5.41, 5.74) is 0.949. The fourth-order valence-corrected chi connectivity index (χ4v) is 1.36. The topological polar surface area (TPSA) is 12.5 Å². The van der Waals surface area contributed by atoms with E-state index in [1.54, 1.807) is 13.2 Å². The Bertz CT molecular complexity index is 293. The molecule has 0 aromatic heterocycles. The largest absolute Gasteiger partial charge is 0.495 e. The summed E-state index contributed by atoms with van der Waals surface area (Å²) >= 11 is 10.0. The normalized spacial score (nSPS) is 9.85. The van der Waals surface area contributed by atoms with Gasteiger partial charge in [0.15, 0.2) is 0 Å². The standard InChI is InChI=1S/C9H12ClNOS/c1-11(6-13)8-5-7(10)3-4-9(8)12-2/h3-5,13H,6H2,1-2H3. The summed E-state index contributed by atoms with van der Waals surface area (Å²) in [7, 11) is 3.57. The molecule has 72 valence electrons. The van der Waals surface area contributed by atoms with Gasteiger partial charge in [0.05, 0.1) is 18.7 Å². The second-order valence-electron chi connectivity index (χ2n) is 2.66. The van der Waals surface area contributed by atoms with Crippen molar-refractivity contribution in [2.45, 2.75) is 0 Å². The van der Waals surface area contributed by atoms with E-state index in [-0.39, 0.29) is 0 Å². The van der Waals surface area contributed by atoms with Crippen LogP contribution in [0.4, 0.5) is 5.69 Å². The maximum Gasteiger partial charge on any atom is 0.142 e. The third-order valence-corrected chi connectivity index (χ3v) is 2.42. The number of hydrogen-bond donors (Lipinski definition) is 1. The molecule has 0 aliphatic carbocycles. The van der Waals surface area contributed by atoms with Crippen LogP contribution in [-0.4, -0.2) is 20.0 Å². The van der Waals surface area contributed by atoms with Crippen LogP contribution in [0.3, 0.4) is 0 Å². The van der Waals surface area contributed by atoms with Crippen LogP contribution in [0.1, 0.15) is 0 Å². The molecule has 0 spiro atoms. The fourth-order valence-electron chi connectivity index (χ4n) is 1.04. The molecule has 0 atom stereocenters. The van der Waals surface area contributed by atoms with E-state index in [1.165, 1.54) is 0 Å². The summed E-state index contributed by atoms with van der Waals surface area (Å²) in [6.07, 6.45) is 0. The zero-order valence-electron chi connectivity index (χ0n) is 7.62. The molecular weight excluding hydrogens is 206 g/mol. The third kappa shape index (κ3) is 2.45. The minimum atomic E-state index is 0.622. The van der Waals surface area contributed by atoms with Gasteiger partial charge in [-0.2, -0.15) is 12.6 Å². The monoisotopic (exact) mass is 217 g/mol. The highest BCUT2D eigenvalue weighted by molar-refractivity contribution is 7.80. The molecule has 0 unspecified atom stereocenters. The number of anilines is 1. The van der Waals surface area contributed by atoms with Crippen molar-refractivity contribution in [3.8, 4) is 5.75 Å². The van der Waals surface area contributed by atoms with Gasteiger partial charge in [0.25, 0.3) is 0 Å². The van der Waals surface area contributed by atoms with E-state index in [1.807, 2.05) is 24.1 Å². The van der Waals surface area contributed by atoms with E-state index in [0.717, 1.165) is 11.4 Å². The van der Waals surface area contributed by atoms with Gasteiger partial charge in [-0.25, -0.2) is 0 Å². The quantitative estimate of drug-likeness (QED) is 0.618. The lowest BCUT2D eigenvalue weighted by Crippen LogP contribution is -2.15. The molecule has 0 heterocycles. The first-order valence-electron chi connectivity index (χ1n) is 3.84. The Morgan fingerprint density at radius 2 is 2.23 bits per heavy atom. The lowest BCUT2D eigenvalue weighted by molar-refractivity contribution is 0.415. The second-order valence-corrected chi connectivity index (χ2v) is 3.37. The van der Waals surface area contributed by atoms with Crippen LogP contribution in [0, 0.1) is 0 Å². The molecule has 0 radical (unpaired) electrons. The minimum Gasteiger partial charge on any atom is -0.495 e. The Balaban J connectivity index is 3.07. The molecule has 0 amide bonds. The summed E-state index contributed by atoms with van der Waals surface area (Å²) < 4.78 is 5.19. The Kier molecular flexibility index (Phi) is 3.75. The average Bonchev–Trinajstić information content (AvgIpc) is 2.16. The van der Waals surface area contributed by atoms with Gasteiger partial charge in [-0.1, -0.05) is 11.6 Å². The molecule has 1 rings (SSSR count). The molecule has 0 saturated carbocycles. The van der Waals surface area contributed by atoms with Gasteiger partial charge in [0.1, 0.15) is 5.75 Å². The van der Waals surface area contributed by atoms with Crippen molar-refractivity contribution in [2.75, 3.05) is 24.9 Å². The van der Waals surface area contributed by atoms with Crippen molar-refractivity contribution < 1.29 is 4.74 Å². The maximum absolute atomic E-state index is 5.87. The van der Waals surface area contributed by atoms with Crippen molar-refractivity contribution >= 4 is 29.9 Å². The predicted molar refractivity (Wildman–Crippen MR) is 60.3 cm³/mol. The Hall–Kier alpha value is -0.540. The summed E-state index contributed by atoms with van der Waals surface area (Å²) in [6.45, 7) is 0. The lowest BCUT2D eigenvalue weighted by Gasteiger charge is -2.19. The van der Waals surface area contributed by atoms with Crippen molar-refractivity contribution in [2.24, 2.45) is 0 Å². The van der Waals surface area contributed by atoms with E-state index in [9.17, 15) is 0 Å². The Labute approximate surface area is 88.9 Å². The molecule has 13 heavy (non-hydrogen) atoms. The molecule has 1 aromatic rings. The minimum absolute atomic E-state index is 0.622. The van der Waals surface area contributed by atoms with Gasteiger partial charge in [0.2, 0.25) is 0 Å². The van der Waals surface area contributed by atoms with Gasteiger partial charge in [-0.15, -0.1) is 0 Å². The van der Waals surface area contributed by atoms with Crippen LogP contribution in [0.2, 0.25) is 5.02 Å². The van der Waals surface area contributed by atoms with Gasteiger partial charge >= 0.3 is 0 Å². The maximum atomic E-state index is 5.87. The van der Waals surface area contributed by atoms with Gasteiger partial charge < -0.3 is 9.64 Å². The molecule has 0 bridgehead atoms. The number of thiol groups is 1. The summed E-state index contributed by atoms with van der Waals surface area (Å²) in [5, 5.41) is 0.699. The zero-order chi connectivity index (χ0) is 9.84. The summed E-state index contributed by atoms with van der Waals surface area (Å²) in [6, 6.07) is 5.50. The van der Waals surface area contributed by atoms with Gasteiger partial charge in [-0.05, 0) is 18.2 Å². The first kappa shape index (κ1) is 10.5. The molecular formula is C9H12ClNOS. The fraction of sp³-hybridized carbons (Fsp3) is 0.333. The number of rotatable bonds is 3. The lowest BCUT2D eigenvalue weighted by atomic mass is 10.3. The van der Waals surface area contributed by atoms with E-state index in [0.29, 0.717) is 10.9 Å². The van der Waals surface area contributed by atoms with Crippen LogP contribution in [-0.2, 0) is 0 Å². The highest BCUT2D eigenvalue weighted by atomic mass is 35.5. The molecule has 0 saturated heterocycles. The zero-order valence-corrected chi connectivity index (χ0v) is 9.27. The number of nitrogens with zero attached hydrogens (tertiary/aromatic N) is 1. The molecule has 4 heteroatoms. The van der Waals surface area contributed by atoms with Crippen LogP contribution in [0.5, 0.6) is 5.75 Å². The Morgan fingerprint density at radius 3 is 2.77 bits per heavy atom. The average molecular weight is 218 g/mol. The van der Waals surface area contributed by atoms with E-state index < -0.39 is 0 Å². The van der Waals surface area contributed by atoms with Crippen LogP contribution in [0.15, 0.2) is 18.2 Å². The predicted octanol–water partition coefficient (Wildman–Crippen LogP) is 2.67. The summed E-state index contributed by atoms with van der Waals surface area (Å²) in [5.74, 6) is 1.43. The Morgan fingerprint density at radius 1 is 1.54 bits per heavy atom. The number of ether oxygens (including phenoxy) is 1. The van der Waals surface area contributed by atoms with Crippen molar-refractivity contribution in [1.82, 2.24) is 0 Å². The molecule has 0 fully saturated rings. The van der Waals surface area contributed by atoms with E-state index in [4.69, 9.17) is 16.3 Å². The molecule has 1 aromatic carbocycles. The molecule has 0 aliphatic rings. The number of halogens is 1. The molecule has 0 aliphatic heterocycles. The van der Waals surface area contributed by atoms with Crippen LogP contribution < -0.4 is 9.64 Å². The summed E-state index contributed by atoms with van der Waals surface area (Å²) in [4.78, 5) is 1.95. The van der Waals surface area contributed by atoms with Crippen LogP contribution in [0.25, 0.3) is 0 Å². The number of benzene rings is 1. The van der Waals surface area contributed by atoms with Crippen molar-refractivity contribution in [3.63, 3.8) is 0 Å².